The first-order valence-corrected chi connectivity index (χ1v) is 6.60. The van der Waals surface area contributed by atoms with Crippen molar-refractivity contribution in [3.63, 3.8) is 0 Å². The summed E-state index contributed by atoms with van der Waals surface area (Å²) in [5.41, 5.74) is 1.50. The van der Waals surface area contributed by atoms with E-state index in [2.05, 4.69) is 37.3 Å². The number of rotatable bonds is 8. The van der Waals surface area contributed by atoms with E-state index < -0.39 is 0 Å². The Morgan fingerprint density at radius 1 is 1.24 bits per heavy atom. The van der Waals surface area contributed by atoms with Crippen LogP contribution >= 0.6 is 0 Å². The van der Waals surface area contributed by atoms with E-state index in [4.69, 9.17) is 9.47 Å². The molecule has 0 N–H and O–H groups in total. The van der Waals surface area contributed by atoms with Crippen LogP contribution in [0.4, 0.5) is 0 Å². The topological polar surface area (TPSA) is 21.8 Å². The Kier molecular flexibility index (Phi) is 4.57. The van der Waals surface area contributed by atoms with Gasteiger partial charge >= 0.3 is 0 Å². The summed E-state index contributed by atoms with van der Waals surface area (Å²) < 4.78 is 11.1. The molecule has 17 heavy (non-hydrogen) atoms. The molecule has 0 aliphatic carbocycles. The Hall–Kier alpha value is -0.860. The molecular weight excluding hydrogens is 212 g/mol. The van der Waals surface area contributed by atoms with Crippen molar-refractivity contribution in [1.82, 2.24) is 0 Å². The second kappa shape index (κ2) is 6.18. The highest BCUT2D eigenvalue weighted by atomic mass is 16.6. The monoisotopic (exact) mass is 234 g/mol. The van der Waals surface area contributed by atoms with Crippen LogP contribution in [-0.2, 0) is 15.9 Å². The number of epoxide rings is 1. The molecule has 1 aliphatic rings. The summed E-state index contributed by atoms with van der Waals surface area (Å²) in [5.74, 6) is 0. The normalized spacial score (nSPS) is 22.6. The first-order chi connectivity index (χ1) is 8.35. The van der Waals surface area contributed by atoms with Crippen LogP contribution in [0.5, 0.6) is 0 Å². The molecule has 1 aromatic rings. The predicted molar refractivity (Wildman–Crippen MR) is 69.2 cm³/mol. The molecule has 0 bridgehead atoms. The number of hydrogen-bond acceptors (Lipinski definition) is 2. The Morgan fingerprint density at radius 3 is 2.65 bits per heavy atom. The van der Waals surface area contributed by atoms with Crippen LogP contribution < -0.4 is 0 Å². The average Bonchev–Trinajstić information content (AvgIpc) is 3.16. The number of ether oxygens (including phenoxy) is 2. The van der Waals surface area contributed by atoms with Crippen LogP contribution in [-0.4, -0.2) is 25.4 Å². The minimum atomic E-state index is 0.0828. The number of benzene rings is 1. The fourth-order valence-corrected chi connectivity index (χ4v) is 1.93. The quantitative estimate of drug-likeness (QED) is 0.509. The van der Waals surface area contributed by atoms with Gasteiger partial charge in [0, 0.05) is 6.61 Å². The van der Waals surface area contributed by atoms with Gasteiger partial charge in [-0.05, 0) is 31.2 Å². The lowest BCUT2D eigenvalue weighted by Gasteiger charge is -2.09. The maximum Gasteiger partial charge on any atom is 0.115 e. The minimum Gasteiger partial charge on any atom is -0.378 e. The molecule has 0 saturated carbocycles. The fraction of sp³-hybridized carbons (Fsp3) is 0.600. The third-order valence-electron chi connectivity index (χ3n) is 3.41. The Bertz CT molecular complexity index is 317. The van der Waals surface area contributed by atoms with Gasteiger partial charge in [0.2, 0.25) is 0 Å². The van der Waals surface area contributed by atoms with Gasteiger partial charge in [0.15, 0.2) is 0 Å². The number of hydrogen-bond donors (Lipinski definition) is 0. The summed E-state index contributed by atoms with van der Waals surface area (Å²) in [5, 5.41) is 0. The van der Waals surface area contributed by atoms with E-state index in [9.17, 15) is 0 Å². The van der Waals surface area contributed by atoms with Crippen LogP contribution in [0, 0.1) is 0 Å². The number of aryl methyl sites for hydroxylation is 1. The fourth-order valence-electron chi connectivity index (χ4n) is 1.93. The van der Waals surface area contributed by atoms with Crippen molar-refractivity contribution in [2.45, 2.75) is 38.2 Å². The summed E-state index contributed by atoms with van der Waals surface area (Å²) in [7, 11) is 0. The smallest absolute Gasteiger partial charge is 0.115 e. The molecular formula is C15H22O2. The van der Waals surface area contributed by atoms with E-state index in [1.807, 2.05) is 0 Å². The maximum absolute atomic E-state index is 5.66. The van der Waals surface area contributed by atoms with Crippen LogP contribution in [0.15, 0.2) is 30.3 Å². The van der Waals surface area contributed by atoms with E-state index in [0.29, 0.717) is 0 Å². The van der Waals surface area contributed by atoms with Gasteiger partial charge in [0.05, 0.1) is 13.2 Å². The largest absolute Gasteiger partial charge is 0.378 e. The molecule has 2 heteroatoms. The molecule has 1 atom stereocenters. The van der Waals surface area contributed by atoms with Gasteiger partial charge in [-0.1, -0.05) is 37.3 Å². The summed E-state index contributed by atoms with van der Waals surface area (Å²) in [6.07, 6.45) is 4.55. The zero-order chi connectivity index (χ0) is 12.0. The van der Waals surface area contributed by atoms with Crippen molar-refractivity contribution < 1.29 is 9.47 Å². The Balaban J connectivity index is 1.50. The molecule has 1 heterocycles. The zero-order valence-corrected chi connectivity index (χ0v) is 10.7. The van der Waals surface area contributed by atoms with Gasteiger partial charge in [-0.25, -0.2) is 0 Å². The Labute approximate surface area is 104 Å². The summed E-state index contributed by atoms with van der Waals surface area (Å²) >= 11 is 0. The molecule has 0 aromatic heterocycles. The van der Waals surface area contributed by atoms with Crippen molar-refractivity contribution in [2.75, 3.05) is 19.8 Å². The van der Waals surface area contributed by atoms with Gasteiger partial charge in [0.25, 0.3) is 0 Å². The molecule has 0 amide bonds. The average molecular weight is 234 g/mol. The highest BCUT2D eigenvalue weighted by Gasteiger charge is 2.42. The van der Waals surface area contributed by atoms with Crippen molar-refractivity contribution in [1.29, 1.82) is 0 Å². The molecule has 0 radical (unpaired) electrons. The standard InChI is InChI=1S/C15H22O2/c1-2-15(13-17-15)12-16-11-7-6-10-14-8-4-3-5-9-14/h3-5,8-9H,2,6-7,10-13H2,1H3. The summed E-state index contributed by atoms with van der Waals surface area (Å²) in [6, 6.07) is 10.6. The third-order valence-corrected chi connectivity index (χ3v) is 3.41. The molecule has 1 fully saturated rings. The van der Waals surface area contributed by atoms with Gasteiger partial charge in [-0.2, -0.15) is 0 Å². The van der Waals surface area contributed by atoms with E-state index in [-0.39, 0.29) is 5.60 Å². The Morgan fingerprint density at radius 2 is 2.00 bits per heavy atom. The first-order valence-electron chi connectivity index (χ1n) is 6.60. The van der Waals surface area contributed by atoms with E-state index in [1.165, 1.54) is 12.0 Å². The van der Waals surface area contributed by atoms with Gasteiger partial charge in [-0.3, -0.25) is 0 Å². The molecule has 1 saturated heterocycles. The highest BCUT2D eigenvalue weighted by molar-refractivity contribution is 5.14. The van der Waals surface area contributed by atoms with Crippen LogP contribution in [0.2, 0.25) is 0 Å². The highest BCUT2D eigenvalue weighted by Crippen LogP contribution is 2.30. The van der Waals surface area contributed by atoms with E-state index in [0.717, 1.165) is 39.1 Å². The molecule has 1 aromatic carbocycles. The summed E-state index contributed by atoms with van der Waals surface area (Å²) in [6.45, 7) is 4.67. The molecule has 94 valence electrons. The minimum absolute atomic E-state index is 0.0828. The lowest BCUT2D eigenvalue weighted by molar-refractivity contribution is 0.0745. The van der Waals surface area contributed by atoms with Crippen LogP contribution in [0.3, 0.4) is 0 Å². The molecule has 1 aliphatic heterocycles. The maximum atomic E-state index is 5.66. The van der Waals surface area contributed by atoms with Crippen molar-refractivity contribution in [3.05, 3.63) is 35.9 Å². The van der Waals surface area contributed by atoms with Crippen molar-refractivity contribution >= 4 is 0 Å². The third kappa shape index (κ3) is 4.14. The van der Waals surface area contributed by atoms with Crippen molar-refractivity contribution in [3.8, 4) is 0 Å². The lowest BCUT2D eigenvalue weighted by atomic mass is 10.1. The number of unbranched alkanes of at least 4 members (excludes halogenated alkanes) is 1. The zero-order valence-electron chi connectivity index (χ0n) is 10.7. The van der Waals surface area contributed by atoms with E-state index >= 15 is 0 Å². The van der Waals surface area contributed by atoms with Gasteiger partial charge in [-0.15, -0.1) is 0 Å². The second-order valence-electron chi connectivity index (χ2n) is 4.82. The molecule has 2 rings (SSSR count). The first kappa shape index (κ1) is 12.6. The molecule has 1 unspecified atom stereocenters. The second-order valence-corrected chi connectivity index (χ2v) is 4.82. The van der Waals surface area contributed by atoms with Crippen LogP contribution in [0.1, 0.15) is 31.7 Å². The van der Waals surface area contributed by atoms with Crippen molar-refractivity contribution in [2.24, 2.45) is 0 Å². The van der Waals surface area contributed by atoms with E-state index in [1.54, 1.807) is 0 Å². The van der Waals surface area contributed by atoms with Crippen LogP contribution in [0.25, 0.3) is 0 Å². The lowest BCUT2D eigenvalue weighted by Crippen LogP contribution is -2.18. The van der Waals surface area contributed by atoms with Gasteiger partial charge < -0.3 is 9.47 Å². The molecule has 0 spiro atoms. The SMILES string of the molecule is CCC1(COCCCCc2ccccc2)CO1. The summed E-state index contributed by atoms with van der Waals surface area (Å²) in [4.78, 5) is 0. The molecule has 2 nitrogen and oxygen atoms in total. The predicted octanol–water partition coefficient (Wildman–Crippen LogP) is 3.20. The van der Waals surface area contributed by atoms with Gasteiger partial charge in [0.1, 0.15) is 5.60 Å².